The third-order valence-electron chi connectivity index (χ3n) is 2.76. The molecule has 0 radical (unpaired) electrons. The number of fused-ring (bicyclic) bond motifs is 1. The highest BCUT2D eigenvalue weighted by Crippen LogP contribution is 2.12. The Labute approximate surface area is 90.1 Å². The van der Waals surface area contributed by atoms with Crippen LogP contribution < -0.4 is 0 Å². The Hall–Kier alpha value is -1.35. The van der Waals surface area contributed by atoms with Crippen molar-refractivity contribution in [3.63, 3.8) is 0 Å². The predicted molar refractivity (Wildman–Crippen MR) is 62.7 cm³/mol. The minimum absolute atomic E-state index is 0.971. The smallest absolute Gasteiger partial charge is 0.137 e. The lowest BCUT2D eigenvalue weighted by Crippen LogP contribution is -2.22. The predicted octanol–water partition coefficient (Wildman–Crippen LogP) is 2.40. The van der Waals surface area contributed by atoms with Gasteiger partial charge in [-0.2, -0.15) is 0 Å². The Morgan fingerprint density at radius 3 is 2.87 bits per heavy atom. The van der Waals surface area contributed by atoms with E-state index in [9.17, 15) is 0 Å². The third kappa shape index (κ3) is 2.18. The lowest BCUT2D eigenvalue weighted by molar-refractivity contribution is 0.295. The van der Waals surface area contributed by atoms with Gasteiger partial charge in [0.2, 0.25) is 0 Å². The Kier molecular flexibility index (Phi) is 3.02. The van der Waals surface area contributed by atoms with Crippen molar-refractivity contribution in [1.29, 1.82) is 0 Å². The average Bonchev–Trinajstić information content (AvgIpc) is 2.73. The van der Waals surface area contributed by atoms with Gasteiger partial charge in [0, 0.05) is 24.3 Å². The maximum absolute atomic E-state index is 4.38. The molecule has 0 fully saturated rings. The molecule has 0 aromatic carbocycles. The number of hydrogen-bond acceptors (Lipinski definition) is 2. The van der Waals surface area contributed by atoms with Crippen LogP contribution in [0.15, 0.2) is 24.5 Å². The maximum atomic E-state index is 4.38. The average molecular weight is 203 g/mol. The first-order valence-corrected chi connectivity index (χ1v) is 5.47. The van der Waals surface area contributed by atoms with Gasteiger partial charge in [0.05, 0.1) is 0 Å². The minimum Gasteiger partial charge on any atom is -0.346 e. The van der Waals surface area contributed by atoms with E-state index in [0.29, 0.717) is 0 Å². The topological polar surface area (TPSA) is 31.9 Å². The molecule has 3 nitrogen and oxygen atoms in total. The third-order valence-corrected chi connectivity index (χ3v) is 2.76. The molecule has 0 aliphatic heterocycles. The van der Waals surface area contributed by atoms with Crippen LogP contribution in [0.4, 0.5) is 0 Å². The quantitative estimate of drug-likeness (QED) is 0.827. The van der Waals surface area contributed by atoms with Crippen LogP contribution >= 0.6 is 0 Å². The number of pyridine rings is 1. The molecule has 15 heavy (non-hydrogen) atoms. The molecule has 0 aliphatic carbocycles. The Morgan fingerprint density at radius 1 is 1.33 bits per heavy atom. The van der Waals surface area contributed by atoms with Crippen LogP contribution in [-0.4, -0.2) is 28.0 Å². The van der Waals surface area contributed by atoms with E-state index >= 15 is 0 Å². The molecule has 0 amide bonds. The summed E-state index contributed by atoms with van der Waals surface area (Å²) in [4.78, 5) is 9.87. The highest BCUT2D eigenvalue weighted by atomic mass is 15.1. The molecule has 2 aromatic heterocycles. The SMILES string of the molecule is CCN(CC)Cc1cnc2[nH]ccc2c1. The Bertz CT molecular complexity index is 429. The van der Waals surface area contributed by atoms with Crippen molar-refractivity contribution < 1.29 is 0 Å². The number of nitrogens with one attached hydrogen (secondary N) is 1. The summed E-state index contributed by atoms with van der Waals surface area (Å²) in [6, 6.07) is 4.27. The van der Waals surface area contributed by atoms with Crippen LogP contribution in [-0.2, 0) is 6.54 Å². The van der Waals surface area contributed by atoms with E-state index in [1.807, 2.05) is 12.4 Å². The second-order valence-electron chi connectivity index (χ2n) is 3.72. The van der Waals surface area contributed by atoms with Gasteiger partial charge in [0.1, 0.15) is 5.65 Å². The van der Waals surface area contributed by atoms with Crippen molar-refractivity contribution >= 4 is 11.0 Å². The normalized spacial score (nSPS) is 11.4. The molecule has 0 saturated carbocycles. The Morgan fingerprint density at radius 2 is 2.13 bits per heavy atom. The van der Waals surface area contributed by atoms with Gasteiger partial charge in [0.25, 0.3) is 0 Å². The molecule has 0 aliphatic rings. The number of hydrogen-bond donors (Lipinski definition) is 1. The van der Waals surface area contributed by atoms with Gasteiger partial charge < -0.3 is 4.98 Å². The zero-order valence-corrected chi connectivity index (χ0v) is 9.33. The fourth-order valence-corrected chi connectivity index (χ4v) is 1.78. The van der Waals surface area contributed by atoms with Gasteiger partial charge in [-0.15, -0.1) is 0 Å². The highest BCUT2D eigenvalue weighted by molar-refractivity contribution is 5.75. The molecule has 2 rings (SSSR count). The van der Waals surface area contributed by atoms with Gasteiger partial charge in [-0.25, -0.2) is 4.98 Å². The molecule has 0 saturated heterocycles. The van der Waals surface area contributed by atoms with Crippen LogP contribution in [0.25, 0.3) is 11.0 Å². The molecule has 2 aromatic rings. The first-order valence-electron chi connectivity index (χ1n) is 5.47. The summed E-state index contributed by atoms with van der Waals surface area (Å²) in [5.41, 5.74) is 2.25. The lowest BCUT2D eigenvalue weighted by atomic mass is 10.2. The van der Waals surface area contributed by atoms with Crippen LogP contribution in [0.2, 0.25) is 0 Å². The summed E-state index contributed by atoms with van der Waals surface area (Å²) in [7, 11) is 0. The van der Waals surface area contributed by atoms with Gasteiger partial charge in [-0.05, 0) is 30.8 Å². The van der Waals surface area contributed by atoms with Gasteiger partial charge in [-0.3, -0.25) is 4.90 Å². The van der Waals surface area contributed by atoms with Crippen molar-refractivity contribution in [3.8, 4) is 0 Å². The highest BCUT2D eigenvalue weighted by Gasteiger charge is 2.03. The van der Waals surface area contributed by atoms with E-state index < -0.39 is 0 Å². The number of nitrogens with zero attached hydrogens (tertiary/aromatic N) is 2. The van der Waals surface area contributed by atoms with Crippen LogP contribution in [0.3, 0.4) is 0 Å². The van der Waals surface area contributed by atoms with E-state index in [1.165, 1.54) is 10.9 Å². The fraction of sp³-hybridized carbons (Fsp3) is 0.417. The fourth-order valence-electron chi connectivity index (χ4n) is 1.78. The molecule has 0 unspecified atom stereocenters. The molecule has 0 bridgehead atoms. The monoisotopic (exact) mass is 203 g/mol. The molecule has 0 atom stereocenters. The zero-order chi connectivity index (χ0) is 10.7. The number of aromatic nitrogens is 2. The van der Waals surface area contributed by atoms with Gasteiger partial charge in [0.15, 0.2) is 0 Å². The number of aromatic amines is 1. The molecular weight excluding hydrogens is 186 g/mol. The molecule has 80 valence electrons. The second kappa shape index (κ2) is 4.45. The summed E-state index contributed by atoms with van der Waals surface area (Å²) in [6.07, 6.45) is 3.88. The number of H-pyrrole nitrogens is 1. The van der Waals surface area contributed by atoms with Crippen molar-refractivity contribution in [3.05, 3.63) is 30.1 Å². The van der Waals surface area contributed by atoms with Crippen molar-refractivity contribution in [1.82, 2.24) is 14.9 Å². The molecule has 1 N–H and O–H groups in total. The maximum Gasteiger partial charge on any atom is 0.137 e. The van der Waals surface area contributed by atoms with Crippen LogP contribution in [0.1, 0.15) is 19.4 Å². The molecule has 2 heterocycles. The van der Waals surface area contributed by atoms with Crippen molar-refractivity contribution in [2.24, 2.45) is 0 Å². The summed E-state index contributed by atoms with van der Waals surface area (Å²) in [5.74, 6) is 0. The molecule has 0 spiro atoms. The first kappa shape index (κ1) is 10.2. The lowest BCUT2D eigenvalue weighted by Gasteiger charge is -2.17. The molecule has 3 heteroatoms. The molecular formula is C12H17N3. The summed E-state index contributed by atoms with van der Waals surface area (Å²) < 4.78 is 0. The standard InChI is InChI=1S/C12H17N3/c1-3-15(4-2)9-10-7-11-5-6-13-12(11)14-8-10/h5-8H,3-4,9H2,1-2H3,(H,13,14). The second-order valence-corrected chi connectivity index (χ2v) is 3.72. The minimum atomic E-state index is 0.971. The van der Waals surface area contributed by atoms with Crippen molar-refractivity contribution in [2.45, 2.75) is 20.4 Å². The largest absolute Gasteiger partial charge is 0.346 e. The van der Waals surface area contributed by atoms with E-state index in [1.54, 1.807) is 0 Å². The van der Waals surface area contributed by atoms with Crippen molar-refractivity contribution in [2.75, 3.05) is 13.1 Å². The zero-order valence-electron chi connectivity index (χ0n) is 9.33. The van der Waals surface area contributed by atoms with Gasteiger partial charge >= 0.3 is 0 Å². The summed E-state index contributed by atoms with van der Waals surface area (Å²) >= 11 is 0. The van der Waals surface area contributed by atoms with E-state index in [0.717, 1.165) is 25.3 Å². The van der Waals surface area contributed by atoms with Gasteiger partial charge in [-0.1, -0.05) is 13.8 Å². The van der Waals surface area contributed by atoms with Crippen LogP contribution in [0, 0.1) is 0 Å². The number of rotatable bonds is 4. The van der Waals surface area contributed by atoms with E-state index in [2.05, 4.69) is 40.8 Å². The Balaban J connectivity index is 2.20. The first-order chi connectivity index (χ1) is 7.33. The summed E-state index contributed by atoms with van der Waals surface area (Å²) in [5, 5.41) is 1.19. The van der Waals surface area contributed by atoms with Crippen LogP contribution in [0.5, 0.6) is 0 Å². The van der Waals surface area contributed by atoms with E-state index in [-0.39, 0.29) is 0 Å². The van der Waals surface area contributed by atoms with E-state index in [4.69, 9.17) is 0 Å². The summed E-state index contributed by atoms with van der Waals surface area (Å²) in [6.45, 7) is 7.53.